The lowest BCUT2D eigenvalue weighted by Crippen LogP contribution is -2.03. The van der Waals surface area contributed by atoms with Gasteiger partial charge in [0.1, 0.15) is 12.1 Å². The van der Waals surface area contributed by atoms with Crippen molar-refractivity contribution in [3.05, 3.63) is 35.7 Å². The van der Waals surface area contributed by atoms with Crippen LogP contribution in [0.3, 0.4) is 0 Å². The van der Waals surface area contributed by atoms with Crippen LogP contribution in [0.4, 0.5) is 5.95 Å². The van der Waals surface area contributed by atoms with E-state index in [-0.39, 0.29) is 5.95 Å². The first-order valence-corrected chi connectivity index (χ1v) is 5.53. The molecule has 17 heavy (non-hydrogen) atoms. The molecule has 0 spiro atoms. The van der Waals surface area contributed by atoms with Crippen molar-refractivity contribution in [2.45, 2.75) is 19.9 Å². The number of benzene rings is 1. The fraction of sp³-hybridized carbons (Fsp3) is 0.333. The number of aromatic nitrogens is 3. The molecule has 0 aliphatic heterocycles. The van der Waals surface area contributed by atoms with E-state index in [4.69, 9.17) is 10.5 Å². The molecule has 0 amide bonds. The third kappa shape index (κ3) is 2.55. The summed E-state index contributed by atoms with van der Waals surface area (Å²) >= 11 is 0. The van der Waals surface area contributed by atoms with Crippen LogP contribution in [-0.2, 0) is 13.0 Å². The second-order valence-electron chi connectivity index (χ2n) is 3.80. The molecule has 0 bridgehead atoms. The Hall–Kier alpha value is -2.04. The molecule has 1 aromatic carbocycles. The molecule has 5 nitrogen and oxygen atoms in total. The smallest absolute Gasteiger partial charge is 0.239 e. The standard InChI is InChI=1S/C12H16N4O/c1-3-9-4-5-11(17-2)10(6-9)7-16-8-14-12(13)15-16/h4-6,8H,3,7H2,1-2H3,(H2,13,15). The van der Waals surface area contributed by atoms with Crippen LogP contribution < -0.4 is 10.5 Å². The third-order valence-electron chi connectivity index (χ3n) is 2.64. The minimum atomic E-state index is 0.288. The summed E-state index contributed by atoms with van der Waals surface area (Å²) in [5.41, 5.74) is 7.84. The predicted octanol–water partition coefficient (Wildman–Crippen LogP) is 1.48. The number of nitrogens with two attached hydrogens (primary N) is 1. The van der Waals surface area contributed by atoms with Crippen molar-refractivity contribution in [2.75, 3.05) is 12.8 Å². The van der Waals surface area contributed by atoms with E-state index < -0.39 is 0 Å². The van der Waals surface area contributed by atoms with Gasteiger partial charge in [0.2, 0.25) is 5.95 Å². The second kappa shape index (κ2) is 4.86. The summed E-state index contributed by atoms with van der Waals surface area (Å²) in [5.74, 6) is 1.15. The lowest BCUT2D eigenvalue weighted by atomic mass is 10.1. The maximum atomic E-state index is 5.48. The van der Waals surface area contributed by atoms with Crippen LogP contribution in [0.5, 0.6) is 5.75 Å². The van der Waals surface area contributed by atoms with E-state index in [0.717, 1.165) is 17.7 Å². The zero-order valence-electron chi connectivity index (χ0n) is 10.1. The van der Waals surface area contributed by atoms with Crippen LogP contribution >= 0.6 is 0 Å². The third-order valence-corrected chi connectivity index (χ3v) is 2.64. The van der Waals surface area contributed by atoms with E-state index in [9.17, 15) is 0 Å². The van der Waals surface area contributed by atoms with Crippen molar-refractivity contribution in [2.24, 2.45) is 0 Å². The molecule has 2 aromatic rings. The normalized spacial score (nSPS) is 10.5. The van der Waals surface area contributed by atoms with E-state index >= 15 is 0 Å². The van der Waals surface area contributed by atoms with Gasteiger partial charge in [-0.25, -0.2) is 9.67 Å². The number of nitrogen functional groups attached to an aromatic ring is 1. The van der Waals surface area contributed by atoms with Gasteiger partial charge in [-0.1, -0.05) is 19.1 Å². The number of ether oxygens (including phenoxy) is 1. The summed E-state index contributed by atoms with van der Waals surface area (Å²) in [6.45, 7) is 2.74. The SMILES string of the molecule is CCc1ccc(OC)c(Cn2cnc(N)n2)c1. The minimum Gasteiger partial charge on any atom is -0.496 e. The fourth-order valence-electron chi connectivity index (χ4n) is 1.74. The molecule has 2 N–H and O–H groups in total. The minimum absolute atomic E-state index is 0.288. The molecule has 1 heterocycles. The van der Waals surface area contributed by atoms with Crippen molar-refractivity contribution < 1.29 is 4.74 Å². The van der Waals surface area contributed by atoms with E-state index in [1.807, 2.05) is 6.07 Å². The Morgan fingerprint density at radius 1 is 1.41 bits per heavy atom. The van der Waals surface area contributed by atoms with Gasteiger partial charge in [-0.05, 0) is 18.1 Å². The summed E-state index contributed by atoms with van der Waals surface area (Å²) in [7, 11) is 1.67. The van der Waals surface area contributed by atoms with Gasteiger partial charge in [0, 0.05) is 5.56 Å². The lowest BCUT2D eigenvalue weighted by molar-refractivity contribution is 0.407. The van der Waals surface area contributed by atoms with Crippen LogP contribution in [-0.4, -0.2) is 21.9 Å². The van der Waals surface area contributed by atoms with E-state index in [1.165, 1.54) is 5.56 Å². The van der Waals surface area contributed by atoms with E-state index in [1.54, 1.807) is 18.1 Å². The van der Waals surface area contributed by atoms with Crippen LogP contribution in [0, 0.1) is 0 Å². The topological polar surface area (TPSA) is 66.0 Å². The van der Waals surface area contributed by atoms with Crippen LogP contribution in [0.1, 0.15) is 18.1 Å². The molecular weight excluding hydrogens is 216 g/mol. The molecule has 0 atom stereocenters. The summed E-state index contributed by atoms with van der Waals surface area (Å²) in [6.07, 6.45) is 2.61. The molecule has 5 heteroatoms. The van der Waals surface area contributed by atoms with Crippen LogP contribution in [0.15, 0.2) is 24.5 Å². The highest BCUT2D eigenvalue weighted by Crippen LogP contribution is 2.21. The summed E-state index contributed by atoms with van der Waals surface area (Å²) < 4.78 is 7.03. The summed E-state index contributed by atoms with van der Waals surface area (Å²) in [4.78, 5) is 3.90. The number of methoxy groups -OCH3 is 1. The van der Waals surface area contributed by atoms with Crippen molar-refractivity contribution in [1.82, 2.24) is 14.8 Å². The Balaban J connectivity index is 2.29. The molecule has 0 unspecified atom stereocenters. The number of rotatable bonds is 4. The maximum absolute atomic E-state index is 5.48. The zero-order chi connectivity index (χ0) is 12.3. The monoisotopic (exact) mass is 232 g/mol. The van der Waals surface area contributed by atoms with Gasteiger partial charge in [-0.15, -0.1) is 5.10 Å². The fourth-order valence-corrected chi connectivity index (χ4v) is 1.74. The highest BCUT2D eigenvalue weighted by atomic mass is 16.5. The number of nitrogens with zero attached hydrogens (tertiary/aromatic N) is 3. The Kier molecular flexibility index (Phi) is 3.27. The molecule has 0 saturated heterocycles. The van der Waals surface area contributed by atoms with Crippen molar-refractivity contribution >= 4 is 5.95 Å². The van der Waals surface area contributed by atoms with Gasteiger partial charge in [0.25, 0.3) is 0 Å². The Bertz CT molecular complexity index is 507. The van der Waals surface area contributed by atoms with E-state index in [2.05, 4.69) is 29.1 Å². The number of hydrogen-bond donors (Lipinski definition) is 1. The average molecular weight is 232 g/mol. The average Bonchev–Trinajstić information content (AvgIpc) is 2.74. The van der Waals surface area contributed by atoms with E-state index in [0.29, 0.717) is 6.54 Å². The van der Waals surface area contributed by atoms with Gasteiger partial charge >= 0.3 is 0 Å². The molecule has 90 valence electrons. The van der Waals surface area contributed by atoms with Crippen LogP contribution in [0.25, 0.3) is 0 Å². The Morgan fingerprint density at radius 2 is 2.24 bits per heavy atom. The predicted molar refractivity (Wildman–Crippen MR) is 65.9 cm³/mol. The highest BCUT2D eigenvalue weighted by Gasteiger charge is 2.06. The molecule has 0 aliphatic rings. The second-order valence-corrected chi connectivity index (χ2v) is 3.80. The zero-order valence-corrected chi connectivity index (χ0v) is 10.1. The largest absolute Gasteiger partial charge is 0.496 e. The van der Waals surface area contributed by atoms with Crippen molar-refractivity contribution in [3.63, 3.8) is 0 Å². The molecule has 0 radical (unpaired) electrons. The maximum Gasteiger partial charge on any atom is 0.239 e. The Labute approximate surface area is 100 Å². The summed E-state index contributed by atoms with van der Waals surface area (Å²) in [5, 5.41) is 4.06. The van der Waals surface area contributed by atoms with Crippen LogP contribution in [0.2, 0.25) is 0 Å². The first-order chi connectivity index (χ1) is 8.22. The quantitative estimate of drug-likeness (QED) is 0.867. The summed E-state index contributed by atoms with van der Waals surface area (Å²) in [6, 6.07) is 6.17. The number of aryl methyl sites for hydroxylation is 1. The molecule has 1 aromatic heterocycles. The van der Waals surface area contributed by atoms with Crippen molar-refractivity contribution in [1.29, 1.82) is 0 Å². The molecule has 0 aliphatic carbocycles. The van der Waals surface area contributed by atoms with Gasteiger partial charge in [-0.2, -0.15) is 0 Å². The molecule has 0 saturated carbocycles. The highest BCUT2D eigenvalue weighted by molar-refractivity contribution is 5.37. The lowest BCUT2D eigenvalue weighted by Gasteiger charge is -2.09. The molecule has 0 fully saturated rings. The first-order valence-electron chi connectivity index (χ1n) is 5.53. The van der Waals surface area contributed by atoms with Gasteiger partial charge in [-0.3, -0.25) is 0 Å². The molecule has 2 rings (SSSR count). The number of hydrogen-bond acceptors (Lipinski definition) is 4. The molecular formula is C12H16N4O. The Morgan fingerprint density at radius 3 is 2.82 bits per heavy atom. The number of anilines is 1. The van der Waals surface area contributed by atoms with Crippen molar-refractivity contribution in [3.8, 4) is 5.75 Å². The first kappa shape index (κ1) is 11.4. The van der Waals surface area contributed by atoms with Gasteiger partial charge in [0.15, 0.2) is 0 Å². The van der Waals surface area contributed by atoms with Gasteiger partial charge < -0.3 is 10.5 Å². The van der Waals surface area contributed by atoms with Gasteiger partial charge in [0.05, 0.1) is 13.7 Å².